The summed E-state index contributed by atoms with van der Waals surface area (Å²) in [6.07, 6.45) is 2.33. The minimum atomic E-state index is 0.524. The minimum absolute atomic E-state index is 0.524. The fourth-order valence-corrected chi connectivity index (χ4v) is 5.78. The van der Waals surface area contributed by atoms with Crippen molar-refractivity contribution in [2.75, 3.05) is 5.32 Å². The van der Waals surface area contributed by atoms with Gasteiger partial charge in [0.05, 0.1) is 5.69 Å². The molecule has 0 aromatic heterocycles. The summed E-state index contributed by atoms with van der Waals surface area (Å²) in [7, 11) is 0. The van der Waals surface area contributed by atoms with Crippen LogP contribution in [0, 0.1) is 0 Å². The van der Waals surface area contributed by atoms with Gasteiger partial charge in [-0.1, -0.05) is 50.1 Å². The molecule has 0 spiro atoms. The number of nitrogens with one attached hydrogen (secondary N) is 1. The Kier molecular flexibility index (Phi) is 5.14. The standard InChI is InChI=1S/C16H13Br4N/c17-10-7-14(19)16(15(20)8-10)21-11-5-9(6-11)12-3-1-2-4-13(12)18/h1-4,7-9,11,21H,5-6H2. The number of halogens is 4. The van der Waals surface area contributed by atoms with E-state index in [2.05, 4.69) is 105 Å². The van der Waals surface area contributed by atoms with Crippen molar-refractivity contribution in [3.8, 4) is 0 Å². The summed E-state index contributed by atoms with van der Waals surface area (Å²) in [5, 5.41) is 3.63. The maximum atomic E-state index is 3.65. The third-order valence-corrected chi connectivity index (χ3v) is 6.27. The van der Waals surface area contributed by atoms with Gasteiger partial charge in [0.15, 0.2) is 0 Å². The molecule has 1 N–H and O–H groups in total. The summed E-state index contributed by atoms with van der Waals surface area (Å²) in [5.74, 6) is 0.645. The zero-order valence-electron chi connectivity index (χ0n) is 11.0. The van der Waals surface area contributed by atoms with Crippen molar-refractivity contribution in [3.05, 3.63) is 59.9 Å². The van der Waals surface area contributed by atoms with Gasteiger partial charge >= 0.3 is 0 Å². The van der Waals surface area contributed by atoms with Crippen LogP contribution in [0.1, 0.15) is 24.3 Å². The monoisotopic (exact) mass is 535 g/mol. The van der Waals surface area contributed by atoms with E-state index >= 15 is 0 Å². The van der Waals surface area contributed by atoms with Crippen molar-refractivity contribution in [1.29, 1.82) is 0 Å². The first-order chi connectivity index (χ1) is 10.0. The Hall–Kier alpha value is 0.160. The molecule has 0 heterocycles. The number of anilines is 1. The number of hydrogen-bond donors (Lipinski definition) is 1. The van der Waals surface area contributed by atoms with Gasteiger partial charge in [0, 0.05) is 23.9 Å². The molecule has 3 rings (SSSR count). The van der Waals surface area contributed by atoms with E-state index in [-0.39, 0.29) is 0 Å². The topological polar surface area (TPSA) is 12.0 Å². The van der Waals surface area contributed by atoms with Gasteiger partial charge in [-0.05, 0) is 74.4 Å². The molecule has 1 aliphatic rings. The van der Waals surface area contributed by atoms with Crippen LogP contribution in [0.4, 0.5) is 5.69 Å². The molecule has 0 unspecified atom stereocenters. The van der Waals surface area contributed by atoms with E-state index in [1.54, 1.807) is 0 Å². The summed E-state index contributed by atoms with van der Waals surface area (Å²) < 4.78 is 4.44. The van der Waals surface area contributed by atoms with Gasteiger partial charge in [-0.2, -0.15) is 0 Å². The lowest BCUT2D eigenvalue weighted by Gasteiger charge is -2.37. The number of rotatable bonds is 3. The Morgan fingerprint density at radius 1 is 0.857 bits per heavy atom. The molecule has 0 saturated heterocycles. The van der Waals surface area contributed by atoms with Crippen molar-refractivity contribution < 1.29 is 0 Å². The Labute approximate surface area is 158 Å². The molecule has 1 nitrogen and oxygen atoms in total. The Balaban J connectivity index is 1.67. The van der Waals surface area contributed by atoms with Crippen LogP contribution in [0.5, 0.6) is 0 Å². The smallest absolute Gasteiger partial charge is 0.0631 e. The lowest BCUT2D eigenvalue weighted by molar-refractivity contribution is 0.373. The van der Waals surface area contributed by atoms with Crippen LogP contribution in [0.25, 0.3) is 0 Å². The van der Waals surface area contributed by atoms with Crippen LogP contribution in [0.15, 0.2) is 54.3 Å². The molecule has 0 aliphatic heterocycles. The number of hydrogen-bond acceptors (Lipinski definition) is 1. The first-order valence-corrected chi connectivity index (χ1v) is 9.87. The normalized spacial score (nSPS) is 21.0. The predicted octanol–water partition coefficient (Wildman–Crippen LogP) is 7.09. The molecule has 0 radical (unpaired) electrons. The molecule has 1 fully saturated rings. The largest absolute Gasteiger partial charge is 0.380 e. The molecular weight excluding hydrogens is 526 g/mol. The Morgan fingerprint density at radius 3 is 2.10 bits per heavy atom. The lowest BCUT2D eigenvalue weighted by atomic mass is 9.76. The molecule has 2 aromatic rings. The Morgan fingerprint density at radius 2 is 1.48 bits per heavy atom. The van der Waals surface area contributed by atoms with E-state index in [0.29, 0.717) is 12.0 Å². The maximum Gasteiger partial charge on any atom is 0.0631 e. The van der Waals surface area contributed by atoms with Crippen molar-refractivity contribution in [3.63, 3.8) is 0 Å². The zero-order chi connectivity index (χ0) is 15.0. The van der Waals surface area contributed by atoms with Gasteiger partial charge in [-0.25, -0.2) is 0 Å². The number of benzene rings is 2. The van der Waals surface area contributed by atoms with Crippen LogP contribution in [-0.4, -0.2) is 6.04 Å². The highest BCUT2D eigenvalue weighted by Crippen LogP contribution is 2.43. The van der Waals surface area contributed by atoms with E-state index in [1.807, 2.05) is 0 Å². The molecule has 21 heavy (non-hydrogen) atoms. The lowest BCUT2D eigenvalue weighted by Crippen LogP contribution is -2.34. The van der Waals surface area contributed by atoms with Gasteiger partial charge in [-0.3, -0.25) is 0 Å². The summed E-state index contributed by atoms with van der Waals surface area (Å²) in [6.45, 7) is 0. The molecule has 0 bridgehead atoms. The molecule has 0 amide bonds. The molecule has 5 heteroatoms. The van der Waals surface area contributed by atoms with Crippen molar-refractivity contribution in [2.24, 2.45) is 0 Å². The highest BCUT2D eigenvalue weighted by atomic mass is 79.9. The SMILES string of the molecule is Brc1cc(Br)c(NC2CC(c3ccccc3Br)C2)c(Br)c1. The van der Waals surface area contributed by atoms with Gasteiger partial charge in [-0.15, -0.1) is 0 Å². The van der Waals surface area contributed by atoms with Gasteiger partial charge < -0.3 is 5.32 Å². The van der Waals surface area contributed by atoms with Gasteiger partial charge in [0.1, 0.15) is 0 Å². The fourth-order valence-electron chi connectivity index (χ4n) is 2.68. The van der Waals surface area contributed by atoms with Crippen LogP contribution in [-0.2, 0) is 0 Å². The van der Waals surface area contributed by atoms with E-state index in [1.165, 1.54) is 10.0 Å². The van der Waals surface area contributed by atoms with Gasteiger partial charge in [0.2, 0.25) is 0 Å². The summed E-state index contributed by atoms with van der Waals surface area (Å²) in [4.78, 5) is 0. The van der Waals surface area contributed by atoms with Crippen molar-refractivity contribution in [2.45, 2.75) is 24.8 Å². The van der Waals surface area contributed by atoms with Gasteiger partial charge in [0.25, 0.3) is 0 Å². The van der Waals surface area contributed by atoms with Crippen LogP contribution >= 0.6 is 63.7 Å². The summed E-state index contributed by atoms with van der Waals surface area (Å²) in [5.41, 5.74) is 2.55. The second-order valence-electron chi connectivity index (χ2n) is 5.28. The van der Waals surface area contributed by atoms with E-state index in [0.717, 1.165) is 31.9 Å². The van der Waals surface area contributed by atoms with E-state index in [4.69, 9.17) is 0 Å². The van der Waals surface area contributed by atoms with Crippen LogP contribution in [0.3, 0.4) is 0 Å². The minimum Gasteiger partial charge on any atom is -0.380 e. The maximum absolute atomic E-state index is 3.65. The predicted molar refractivity (Wildman–Crippen MR) is 103 cm³/mol. The average Bonchev–Trinajstić information content (AvgIpc) is 2.37. The third kappa shape index (κ3) is 3.57. The van der Waals surface area contributed by atoms with Crippen molar-refractivity contribution >= 4 is 69.4 Å². The molecule has 1 aliphatic carbocycles. The average molecular weight is 539 g/mol. The molecule has 110 valence electrons. The van der Waals surface area contributed by atoms with E-state index in [9.17, 15) is 0 Å². The molecule has 0 atom stereocenters. The zero-order valence-corrected chi connectivity index (χ0v) is 17.4. The summed E-state index contributed by atoms with van der Waals surface area (Å²) in [6, 6.07) is 13.2. The van der Waals surface area contributed by atoms with E-state index < -0.39 is 0 Å². The first kappa shape index (κ1) is 16.0. The molecule has 1 saturated carbocycles. The van der Waals surface area contributed by atoms with Crippen molar-refractivity contribution in [1.82, 2.24) is 0 Å². The van der Waals surface area contributed by atoms with Crippen LogP contribution < -0.4 is 5.32 Å². The first-order valence-electron chi connectivity index (χ1n) is 6.70. The second-order valence-corrected chi connectivity index (χ2v) is 8.75. The Bertz CT molecular complexity index is 642. The second kappa shape index (κ2) is 6.73. The van der Waals surface area contributed by atoms with Crippen LogP contribution in [0.2, 0.25) is 0 Å². The highest BCUT2D eigenvalue weighted by molar-refractivity contribution is 9.11. The highest BCUT2D eigenvalue weighted by Gasteiger charge is 2.31. The quantitative estimate of drug-likeness (QED) is 0.440. The third-order valence-electron chi connectivity index (χ3n) is 3.84. The summed E-state index contributed by atoms with van der Waals surface area (Å²) >= 11 is 14.4. The molecule has 2 aromatic carbocycles. The fraction of sp³-hybridized carbons (Fsp3) is 0.250. The molecular formula is C16H13Br4N.